The SMILES string of the molecule is CNC(Cc1ccc(OC)c(OC)c1)C1CCCC1(C)C. The molecule has 3 nitrogen and oxygen atoms in total. The number of hydrogen-bond acceptors (Lipinski definition) is 3. The van der Waals surface area contributed by atoms with E-state index >= 15 is 0 Å². The van der Waals surface area contributed by atoms with Gasteiger partial charge in [-0.15, -0.1) is 0 Å². The Morgan fingerprint density at radius 3 is 2.48 bits per heavy atom. The lowest BCUT2D eigenvalue weighted by atomic mass is 9.76. The number of likely N-dealkylation sites (N-methyl/N-ethyl adjacent to an activating group) is 1. The largest absolute Gasteiger partial charge is 0.493 e. The van der Waals surface area contributed by atoms with E-state index in [1.807, 2.05) is 6.07 Å². The monoisotopic (exact) mass is 291 g/mol. The fourth-order valence-electron chi connectivity index (χ4n) is 3.81. The van der Waals surface area contributed by atoms with Gasteiger partial charge in [0, 0.05) is 6.04 Å². The van der Waals surface area contributed by atoms with Crippen LogP contribution in [0.1, 0.15) is 38.7 Å². The van der Waals surface area contributed by atoms with E-state index in [1.54, 1.807) is 14.2 Å². The van der Waals surface area contributed by atoms with Crippen LogP contribution in [0.2, 0.25) is 0 Å². The zero-order valence-electron chi connectivity index (χ0n) is 14.0. The van der Waals surface area contributed by atoms with Gasteiger partial charge in [0.15, 0.2) is 11.5 Å². The first-order chi connectivity index (χ1) is 10.0. The smallest absolute Gasteiger partial charge is 0.160 e. The van der Waals surface area contributed by atoms with Crippen molar-refractivity contribution in [2.75, 3.05) is 21.3 Å². The van der Waals surface area contributed by atoms with Gasteiger partial charge in [0.1, 0.15) is 0 Å². The van der Waals surface area contributed by atoms with Gasteiger partial charge >= 0.3 is 0 Å². The van der Waals surface area contributed by atoms with Crippen LogP contribution in [0.5, 0.6) is 11.5 Å². The van der Waals surface area contributed by atoms with Gasteiger partial charge in [0.25, 0.3) is 0 Å². The molecular weight excluding hydrogens is 262 g/mol. The van der Waals surface area contributed by atoms with Crippen molar-refractivity contribution in [3.05, 3.63) is 23.8 Å². The van der Waals surface area contributed by atoms with Gasteiger partial charge in [-0.3, -0.25) is 0 Å². The highest BCUT2D eigenvalue weighted by molar-refractivity contribution is 5.43. The third kappa shape index (κ3) is 3.52. The second-order valence-corrected chi connectivity index (χ2v) is 6.78. The molecular formula is C18H29NO2. The summed E-state index contributed by atoms with van der Waals surface area (Å²) in [4.78, 5) is 0. The maximum atomic E-state index is 5.41. The van der Waals surface area contributed by atoms with E-state index in [2.05, 4.69) is 38.3 Å². The van der Waals surface area contributed by atoms with E-state index in [0.717, 1.165) is 23.8 Å². The lowest BCUT2D eigenvalue weighted by Gasteiger charge is -2.34. The first kappa shape index (κ1) is 16.2. The van der Waals surface area contributed by atoms with E-state index in [9.17, 15) is 0 Å². The predicted octanol–water partition coefficient (Wildman–Crippen LogP) is 3.66. The summed E-state index contributed by atoms with van der Waals surface area (Å²) in [6.45, 7) is 4.81. The molecule has 2 rings (SSSR count). The molecule has 0 spiro atoms. The van der Waals surface area contributed by atoms with E-state index < -0.39 is 0 Å². The molecule has 0 saturated heterocycles. The quantitative estimate of drug-likeness (QED) is 0.867. The van der Waals surface area contributed by atoms with Crippen LogP contribution < -0.4 is 14.8 Å². The van der Waals surface area contributed by atoms with E-state index in [0.29, 0.717) is 11.5 Å². The Balaban J connectivity index is 2.15. The molecule has 1 saturated carbocycles. The lowest BCUT2D eigenvalue weighted by molar-refractivity contribution is 0.201. The second kappa shape index (κ2) is 6.69. The number of methoxy groups -OCH3 is 2. The number of nitrogens with one attached hydrogen (secondary N) is 1. The first-order valence-electron chi connectivity index (χ1n) is 7.90. The topological polar surface area (TPSA) is 30.5 Å². The fraction of sp³-hybridized carbons (Fsp3) is 0.667. The lowest BCUT2D eigenvalue weighted by Crippen LogP contribution is -2.40. The normalized spacial score (nSPS) is 22.0. The third-order valence-corrected chi connectivity index (χ3v) is 5.10. The summed E-state index contributed by atoms with van der Waals surface area (Å²) in [6, 6.07) is 6.76. The van der Waals surface area contributed by atoms with Gasteiger partial charge in [-0.1, -0.05) is 26.3 Å². The Morgan fingerprint density at radius 2 is 1.95 bits per heavy atom. The molecule has 0 amide bonds. The van der Waals surface area contributed by atoms with E-state index in [1.165, 1.54) is 24.8 Å². The van der Waals surface area contributed by atoms with Crippen LogP contribution in [0.3, 0.4) is 0 Å². The van der Waals surface area contributed by atoms with Gasteiger partial charge in [0.2, 0.25) is 0 Å². The number of hydrogen-bond donors (Lipinski definition) is 1. The average molecular weight is 291 g/mol. The molecule has 0 aliphatic heterocycles. The third-order valence-electron chi connectivity index (χ3n) is 5.10. The van der Waals surface area contributed by atoms with Gasteiger partial charge in [-0.25, -0.2) is 0 Å². The molecule has 1 aromatic rings. The average Bonchev–Trinajstić information content (AvgIpc) is 2.83. The highest BCUT2D eigenvalue weighted by atomic mass is 16.5. The summed E-state index contributed by atoms with van der Waals surface area (Å²) in [6.07, 6.45) is 5.04. The van der Waals surface area contributed by atoms with Crippen molar-refractivity contribution in [3.63, 3.8) is 0 Å². The molecule has 1 aliphatic carbocycles. The van der Waals surface area contributed by atoms with E-state index in [-0.39, 0.29) is 0 Å². The minimum Gasteiger partial charge on any atom is -0.493 e. The summed E-state index contributed by atoms with van der Waals surface area (Å²) in [5, 5.41) is 3.54. The molecule has 2 atom stereocenters. The molecule has 1 fully saturated rings. The van der Waals surface area contributed by atoms with Gasteiger partial charge in [-0.05, 0) is 55.3 Å². The molecule has 0 bridgehead atoms. The summed E-state index contributed by atoms with van der Waals surface area (Å²) in [5.41, 5.74) is 1.74. The van der Waals surface area contributed by atoms with Crippen LogP contribution in [0.15, 0.2) is 18.2 Å². The molecule has 0 aromatic heterocycles. The predicted molar refractivity (Wildman–Crippen MR) is 87.2 cm³/mol. The zero-order chi connectivity index (χ0) is 15.5. The van der Waals surface area contributed by atoms with Gasteiger partial charge in [-0.2, -0.15) is 0 Å². The van der Waals surface area contributed by atoms with Crippen LogP contribution >= 0.6 is 0 Å². The highest BCUT2D eigenvalue weighted by Crippen LogP contribution is 2.45. The van der Waals surface area contributed by atoms with Gasteiger partial charge in [0.05, 0.1) is 14.2 Å². The van der Waals surface area contributed by atoms with Crippen LogP contribution in [-0.2, 0) is 6.42 Å². The Bertz CT molecular complexity index is 470. The number of rotatable bonds is 6. The maximum absolute atomic E-state index is 5.41. The molecule has 1 aliphatic rings. The molecule has 1 N–H and O–H groups in total. The van der Waals surface area contributed by atoms with Crippen molar-refractivity contribution in [1.29, 1.82) is 0 Å². The highest BCUT2D eigenvalue weighted by Gasteiger charge is 2.38. The Kier molecular flexibility index (Phi) is 5.15. The molecule has 1 aromatic carbocycles. The molecule has 118 valence electrons. The minimum atomic E-state index is 0.435. The van der Waals surface area contributed by atoms with Crippen LogP contribution in [0.25, 0.3) is 0 Å². The summed E-state index contributed by atoms with van der Waals surface area (Å²) in [7, 11) is 5.45. The molecule has 0 heterocycles. The van der Waals surface area contributed by atoms with Crippen molar-refractivity contribution in [3.8, 4) is 11.5 Å². The van der Waals surface area contributed by atoms with Crippen molar-refractivity contribution < 1.29 is 9.47 Å². The molecule has 0 radical (unpaired) electrons. The Labute approximate surface area is 129 Å². The second-order valence-electron chi connectivity index (χ2n) is 6.78. The standard InChI is InChI=1S/C18H29NO2/c1-18(2)10-6-7-14(18)15(19-3)11-13-8-9-16(20-4)17(12-13)21-5/h8-9,12,14-15,19H,6-7,10-11H2,1-5H3. The zero-order valence-corrected chi connectivity index (χ0v) is 14.0. The number of benzene rings is 1. The van der Waals surface area contributed by atoms with Crippen LogP contribution in [0.4, 0.5) is 0 Å². The summed E-state index contributed by atoms with van der Waals surface area (Å²) >= 11 is 0. The van der Waals surface area contributed by atoms with Crippen LogP contribution in [-0.4, -0.2) is 27.3 Å². The molecule has 3 heteroatoms. The Hall–Kier alpha value is -1.22. The van der Waals surface area contributed by atoms with E-state index in [4.69, 9.17) is 9.47 Å². The fourth-order valence-corrected chi connectivity index (χ4v) is 3.81. The van der Waals surface area contributed by atoms with Crippen LogP contribution in [0, 0.1) is 11.3 Å². The molecule has 2 unspecified atom stereocenters. The Morgan fingerprint density at radius 1 is 1.24 bits per heavy atom. The summed E-state index contributed by atoms with van der Waals surface area (Å²) in [5.74, 6) is 2.34. The molecule has 21 heavy (non-hydrogen) atoms. The van der Waals surface area contributed by atoms with Gasteiger partial charge < -0.3 is 14.8 Å². The first-order valence-corrected chi connectivity index (χ1v) is 7.90. The number of ether oxygens (including phenoxy) is 2. The van der Waals surface area contributed by atoms with Crippen molar-refractivity contribution >= 4 is 0 Å². The summed E-state index contributed by atoms with van der Waals surface area (Å²) < 4.78 is 10.7. The maximum Gasteiger partial charge on any atom is 0.160 e. The van der Waals surface area contributed by atoms with Crippen molar-refractivity contribution in [1.82, 2.24) is 5.32 Å². The minimum absolute atomic E-state index is 0.435. The van der Waals surface area contributed by atoms with Crippen molar-refractivity contribution in [2.45, 2.75) is 45.6 Å². The van der Waals surface area contributed by atoms with Crippen molar-refractivity contribution in [2.24, 2.45) is 11.3 Å².